The zero-order valence-corrected chi connectivity index (χ0v) is 10.6. The molecule has 1 aliphatic carbocycles. The van der Waals surface area contributed by atoms with E-state index in [1.54, 1.807) is 0 Å². The Morgan fingerprint density at radius 2 is 1.73 bits per heavy atom. The molecule has 0 aromatic heterocycles. The second-order valence-electron chi connectivity index (χ2n) is 6.26. The third-order valence-corrected chi connectivity index (χ3v) is 3.07. The van der Waals surface area contributed by atoms with Crippen molar-refractivity contribution < 1.29 is 4.79 Å². The summed E-state index contributed by atoms with van der Waals surface area (Å²) in [6.45, 7) is 8.62. The number of hydrogen-bond acceptors (Lipinski definition) is 1. The molecular weight excluding hydrogens is 186 g/mol. The molecule has 1 rings (SSSR count). The molecule has 2 heteroatoms. The molecule has 0 radical (unpaired) electrons. The van der Waals surface area contributed by atoms with Crippen LogP contribution in [0.5, 0.6) is 0 Å². The third-order valence-electron chi connectivity index (χ3n) is 3.07. The summed E-state index contributed by atoms with van der Waals surface area (Å²) in [6, 6.07) is 0.441. The monoisotopic (exact) mass is 211 g/mol. The van der Waals surface area contributed by atoms with E-state index in [4.69, 9.17) is 0 Å². The second kappa shape index (κ2) is 5.00. The Hall–Kier alpha value is -0.530. The summed E-state index contributed by atoms with van der Waals surface area (Å²) in [5.41, 5.74) is 0.103. The van der Waals surface area contributed by atoms with Gasteiger partial charge in [0.25, 0.3) is 0 Å². The van der Waals surface area contributed by atoms with Gasteiger partial charge in [0.05, 0.1) is 0 Å². The zero-order chi connectivity index (χ0) is 11.5. The topological polar surface area (TPSA) is 29.1 Å². The highest BCUT2D eigenvalue weighted by Crippen LogP contribution is 2.24. The van der Waals surface area contributed by atoms with Gasteiger partial charge in [0.2, 0.25) is 5.91 Å². The van der Waals surface area contributed by atoms with Crippen LogP contribution in [0.1, 0.15) is 59.8 Å². The molecule has 0 unspecified atom stereocenters. The van der Waals surface area contributed by atoms with Crippen LogP contribution in [-0.4, -0.2) is 11.9 Å². The maximum Gasteiger partial charge on any atom is 0.220 e. The van der Waals surface area contributed by atoms with Crippen LogP contribution in [0.4, 0.5) is 0 Å². The molecule has 0 spiro atoms. The smallest absolute Gasteiger partial charge is 0.220 e. The number of rotatable bonds is 2. The van der Waals surface area contributed by atoms with Crippen LogP contribution in [-0.2, 0) is 4.79 Å². The number of amides is 1. The summed E-state index contributed by atoms with van der Waals surface area (Å²) in [6.07, 6.45) is 5.49. The molecular formula is C13H25NO. The lowest BCUT2D eigenvalue weighted by Crippen LogP contribution is -2.38. The summed E-state index contributed by atoms with van der Waals surface area (Å²) in [5.74, 6) is 1.07. The van der Waals surface area contributed by atoms with Crippen molar-refractivity contribution in [2.75, 3.05) is 0 Å². The fourth-order valence-electron chi connectivity index (χ4n) is 2.16. The Morgan fingerprint density at radius 1 is 1.20 bits per heavy atom. The molecule has 1 amide bonds. The lowest BCUT2D eigenvalue weighted by atomic mass is 9.86. The van der Waals surface area contributed by atoms with E-state index in [2.05, 4.69) is 33.0 Å². The van der Waals surface area contributed by atoms with E-state index in [9.17, 15) is 4.79 Å². The van der Waals surface area contributed by atoms with E-state index in [0.29, 0.717) is 12.5 Å². The molecule has 0 atom stereocenters. The number of carbonyl (C=O) groups is 1. The minimum Gasteiger partial charge on any atom is -0.353 e. The summed E-state index contributed by atoms with van der Waals surface area (Å²) >= 11 is 0. The highest BCUT2D eigenvalue weighted by Gasteiger charge is 2.22. The van der Waals surface area contributed by atoms with Crippen molar-refractivity contribution in [3.05, 3.63) is 0 Å². The van der Waals surface area contributed by atoms with Crippen LogP contribution in [0.2, 0.25) is 0 Å². The van der Waals surface area contributed by atoms with Gasteiger partial charge in [-0.3, -0.25) is 4.79 Å². The van der Waals surface area contributed by atoms with Crippen LogP contribution >= 0.6 is 0 Å². The van der Waals surface area contributed by atoms with Gasteiger partial charge in [-0.05, 0) is 37.0 Å². The van der Waals surface area contributed by atoms with Crippen molar-refractivity contribution in [1.29, 1.82) is 0 Å². The molecule has 15 heavy (non-hydrogen) atoms. The first-order chi connectivity index (χ1) is 6.87. The Kier molecular flexibility index (Phi) is 4.18. The number of carbonyl (C=O) groups excluding carboxylic acids is 1. The number of hydrogen-bond donors (Lipinski definition) is 1. The maximum atomic E-state index is 11.7. The van der Waals surface area contributed by atoms with Crippen LogP contribution in [0.25, 0.3) is 0 Å². The average Bonchev–Trinajstić information content (AvgIpc) is 2.05. The predicted octanol–water partition coefficient (Wildman–Crippen LogP) is 3.12. The van der Waals surface area contributed by atoms with Gasteiger partial charge in [-0.25, -0.2) is 0 Å². The van der Waals surface area contributed by atoms with Crippen LogP contribution in [0, 0.1) is 11.3 Å². The van der Waals surface area contributed by atoms with Gasteiger partial charge < -0.3 is 5.32 Å². The van der Waals surface area contributed by atoms with Crippen LogP contribution in [0.3, 0.4) is 0 Å². The Balaban J connectivity index is 2.27. The minimum absolute atomic E-state index is 0.103. The molecule has 1 fully saturated rings. The summed E-state index contributed by atoms with van der Waals surface area (Å²) in [7, 11) is 0. The molecule has 1 aliphatic rings. The lowest BCUT2D eigenvalue weighted by molar-refractivity contribution is -0.123. The van der Waals surface area contributed by atoms with Gasteiger partial charge in [0, 0.05) is 12.5 Å². The van der Waals surface area contributed by atoms with Gasteiger partial charge in [-0.2, -0.15) is 0 Å². The van der Waals surface area contributed by atoms with Gasteiger partial charge >= 0.3 is 0 Å². The molecule has 1 N–H and O–H groups in total. The van der Waals surface area contributed by atoms with Crippen molar-refractivity contribution in [3.63, 3.8) is 0 Å². The summed E-state index contributed by atoms with van der Waals surface area (Å²) in [4.78, 5) is 11.7. The maximum absolute atomic E-state index is 11.7. The highest BCUT2D eigenvalue weighted by molar-refractivity contribution is 5.76. The molecule has 0 saturated heterocycles. The normalized spacial score (nSPS) is 27.5. The first-order valence-electron chi connectivity index (χ1n) is 6.16. The fourth-order valence-corrected chi connectivity index (χ4v) is 2.16. The molecule has 2 nitrogen and oxygen atoms in total. The van der Waals surface area contributed by atoms with Gasteiger partial charge in [-0.15, -0.1) is 0 Å². The summed E-state index contributed by atoms with van der Waals surface area (Å²) < 4.78 is 0. The molecule has 0 aromatic carbocycles. The first-order valence-corrected chi connectivity index (χ1v) is 6.16. The van der Waals surface area contributed by atoms with Crippen molar-refractivity contribution in [1.82, 2.24) is 5.32 Å². The van der Waals surface area contributed by atoms with E-state index in [1.165, 1.54) is 12.8 Å². The lowest BCUT2D eigenvalue weighted by Gasteiger charge is -2.28. The first kappa shape index (κ1) is 12.5. The van der Waals surface area contributed by atoms with E-state index in [1.807, 2.05) is 0 Å². The van der Waals surface area contributed by atoms with E-state index in [-0.39, 0.29) is 11.3 Å². The van der Waals surface area contributed by atoms with E-state index in [0.717, 1.165) is 18.8 Å². The standard InChI is InChI=1S/C13H25NO/c1-10-5-7-11(8-6-10)14-12(15)9-13(2,3)4/h10-11H,5-9H2,1-4H3,(H,14,15). The largest absolute Gasteiger partial charge is 0.353 e. The van der Waals surface area contributed by atoms with Crippen molar-refractivity contribution in [3.8, 4) is 0 Å². The van der Waals surface area contributed by atoms with Gasteiger partial charge in [0.15, 0.2) is 0 Å². The Bertz CT molecular complexity index is 209. The van der Waals surface area contributed by atoms with Crippen molar-refractivity contribution in [2.45, 2.75) is 65.8 Å². The van der Waals surface area contributed by atoms with E-state index >= 15 is 0 Å². The van der Waals surface area contributed by atoms with Gasteiger partial charge in [-0.1, -0.05) is 27.7 Å². The van der Waals surface area contributed by atoms with E-state index < -0.39 is 0 Å². The molecule has 88 valence electrons. The quantitative estimate of drug-likeness (QED) is 0.747. The predicted molar refractivity (Wildman–Crippen MR) is 63.6 cm³/mol. The van der Waals surface area contributed by atoms with Crippen molar-refractivity contribution >= 4 is 5.91 Å². The van der Waals surface area contributed by atoms with Crippen LogP contribution < -0.4 is 5.32 Å². The fraction of sp³-hybridized carbons (Fsp3) is 0.923. The van der Waals surface area contributed by atoms with Crippen LogP contribution in [0.15, 0.2) is 0 Å². The number of nitrogens with one attached hydrogen (secondary N) is 1. The second-order valence-corrected chi connectivity index (χ2v) is 6.26. The minimum atomic E-state index is 0.103. The molecule has 0 aliphatic heterocycles. The SMILES string of the molecule is CC1CCC(NC(=O)CC(C)(C)C)CC1. The molecule has 0 bridgehead atoms. The zero-order valence-electron chi connectivity index (χ0n) is 10.6. The van der Waals surface area contributed by atoms with Gasteiger partial charge in [0.1, 0.15) is 0 Å². The Morgan fingerprint density at radius 3 is 2.20 bits per heavy atom. The summed E-state index contributed by atoms with van der Waals surface area (Å²) in [5, 5.41) is 3.16. The van der Waals surface area contributed by atoms with Crippen molar-refractivity contribution in [2.24, 2.45) is 11.3 Å². The molecule has 0 heterocycles. The Labute approximate surface area is 93.8 Å². The highest BCUT2D eigenvalue weighted by atomic mass is 16.1. The molecule has 0 aromatic rings. The molecule has 1 saturated carbocycles. The average molecular weight is 211 g/mol. The third kappa shape index (κ3) is 5.19.